The summed E-state index contributed by atoms with van der Waals surface area (Å²) in [7, 11) is 0. The first-order valence-corrected chi connectivity index (χ1v) is 5.50. The van der Waals surface area contributed by atoms with Crippen molar-refractivity contribution in [2.24, 2.45) is 0 Å². The third-order valence-corrected chi connectivity index (χ3v) is 3.39. The lowest BCUT2D eigenvalue weighted by Gasteiger charge is -2.32. The molecule has 5 nitrogen and oxygen atoms in total. The van der Waals surface area contributed by atoms with Crippen LogP contribution < -0.4 is 10.2 Å². The van der Waals surface area contributed by atoms with Gasteiger partial charge >= 0.3 is 0 Å². The lowest BCUT2D eigenvalue weighted by Crippen LogP contribution is -2.49. The molecule has 0 amide bonds. The third-order valence-electron chi connectivity index (χ3n) is 3.39. The van der Waals surface area contributed by atoms with Crippen LogP contribution in [0.5, 0.6) is 0 Å². The molecule has 0 saturated carbocycles. The number of benzene rings is 1. The first kappa shape index (κ1) is 9.59. The Hall–Kier alpha value is -1.62. The zero-order valence-electron chi connectivity index (χ0n) is 8.85. The van der Waals surface area contributed by atoms with Crippen LogP contribution in [0.15, 0.2) is 18.2 Å². The number of hydrogen-bond donors (Lipinski definition) is 1. The number of non-ortho nitro benzene ring substituents is 1. The Bertz CT molecular complexity index is 447. The molecule has 0 unspecified atom stereocenters. The van der Waals surface area contributed by atoms with E-state index in [-0.39, 0.29) is 10.6 Å². The van der Waals surface area contributed by atoms with Gasteiger partial charge in [0.2, 0.25) is 0 Å². The van der Waals surface area contributed by atoms with Crippen molar-refractivity contribution in [3.8, 4) is 0 Å². The minimum absolute atomic E-state index is 0.201. The number of nitro benzene ring substituents is 1. The van der Waals surface area contributed by atoms with Crippen molar-refractivity contribution in [1.29, 1.82) is 0 Å². The quantitative estimate of drug-likeness (QED) is 0.564. The largest absolute Gasteiger partial charge is 0.365 e. The number of nitrogens with one attached hydrogen (secondary N) is 1. The normalized spacial score (nSPS) is 22.8. The highest BCUT2D eigenvalue weighted by atomic mass is 16.6. The fourth-order valence-electron chi connectivity index (χ4n) is 2.64. The summed E-state index contributed by atoms with van der Waals surface area (Å²) in [5.74, 6) is 0. The molecule has 2 aliphatic heterocycles. The Morgan fingerprint density at radius 1 is 1.50 bits per heavy atom. The maximum atomic E-state index is 10.7. The number of anilines is 1. The van der Waals surface area contributed by atoms with E-state index in [2.05, 4.69) is 10.2 Å². The van der Waals surface area contributed by atoms with E-state index in [1.54, 1.807) is 12.1 Å². The fraction of sp³-hybridized carbons (Fsp3) is 0.455. The molecule has 3 rings (SSSR count). The van der Waals surface area contributed by atoms with Crippen LogP contribution in [0.25, 0.3) is 0 Å². The molecule has 1 fully saturated rings. The Labute approximate surface area is 93.2 Å². The molecule has 1 aromatic carbocycles. The predicted octanol–water partition coefficient (Wildman–Crippen LogP) is 0.929. The standard InChI is InChI=1S/C11H13N3O2/c15-14(16)9-1-2-11-8(5-9)6-10-7-12-3-4-13(10)11/h1-2,5,10,12H,3-4,6-7H2/t10-/m0/s1. The van der Waals surface area contributed by atoms with Crippen molar-refractivity contribution in [3.63, 3.8) is 0 Å². The van der Waals surface area contributed by atoms with Crippen molar-refractivity contribution in [2.75, 3.05) is 24.5 Å². The van der Waals surface area contributed by atoms with Gasteiger partial charge in [-0.3, -0.25) is 10.1 Å². The number of hydrogen-bond acceptors (Lipinski definition) is 4. The van der Waals surface area contributed by atoms with Gasteiger partial charge in [-0.1, -0.05) is 0 Å². The summed E-state index contributed by atoms with van der Waals surface area (Å²) in [4.78, 5) is 12.7. The van der Waals surface area contributed by atoms with Crippen LogP contribution in [0.3, 0.4) is 0 Å². The van der Waals surface area contributed by atoms with Gasteiger partial charge in [0, 0.05) is 43.5 Å². The second-order valence-electron chi connectivity index (χ2n) is 4.33. The van der Waals surface area contributed by atoms with E-state index in [4.69, 9.17) is 0 Å². The van der Waals surface area contributed by atoms with Crippen molar-refractivity contribution in [3.05, 3.63) is 33.9 Å². The monoisotopic (exact) mass is 219 g/mol. The molecule has 0 aromatic heterocycles. The molecule has 0 aliphatic carbocycles. The van der Waals surface area contributed by atoms with Crippen molar-refractivity contribution >= 4 is 11.4 Å². The van der Waals surface area contributed by atoms with Gasteiger partial charge in [-0.15, -0.1) is 0 Å². The van der Waals surface area contributed by atoms with Crippen molar-refractivity contribution in [2.45, 2.75) is 12.5 Å². The minimum atomic E-state index is -0.324. The fourth-order valence-corrected chi connectivity index (χ4v) is 2.64. The van der Waals surface area contributed by atoms with Crippen LogP contribution in [-0.4, -0.2) is 30.6 Å². The van der Waals surface area contributed by atoms with Gasteiger partial charge in [-0.25, -0.2) is 0 Å². The summed E-state index contributed by atoms with van der Waals surface area (Å²) in [5.41, 5.74) is 2.49. The van der Waals surface area contributed by atoms with E-state index in [0.29, 0.717) is 6.04 Å². The van der Waals surface area contributed by atoms with E-state index >= 15 is 0 Å². The molecule has 0 spiro atoms. The average molecular weight is 219 g/mol. The first-order valence-electron chi connectivity index (χ1n) is 5.50. The first-order chi connectivity index (χ1) is 7.75. The van der Waals surface area contributed by atoms with Crippen LogP contribution in [-0.2, 0) is 6.42 Å². The summed E-state index contributed by atoms with van der Waals surface area (Å²) < 4.78 is 0. The molecule has 84 valence electrons. The van der Waals surface area contributed by atoms with E-state index in [1.807, 2.05) is 6.07 Å². The van der Waals surface area contributed by atoms with Crippen LogP contribution in [0, 0.1) is 10.1 Å². The molecule has 2 aliphatic rings. The third kappa shape index (κ3) is 1.36. The van der Waals surface area contributed by atoms with E-state index in [1.165, 1.54) is 5.69 Å². The summed E-state index contributed by atoms with van der Waals surface area (Å²) in [6, 6.07) is 5.68. The van der Waals surface area contributed by atoms with Gasteiger partial charge in [0.05, 0.1) is 4.92 Å². The van der Waals surface area contributed by atoms with Crippen LogP contribution in [0.4, 0.5) is 11.4 Å². The molecule has 2 heterocycles. The molecular weight excluding hydrogens is 206 g/mol. The maximum Gasteiger partial charge on any atom is 0.269 e. The number of nitrogens with zero attached hydrogens (tertiary/aromatic N) is 2. The second kappa shape index (κ2) is 3.45. The van der Waals surface area contributed by atoms with Crippen LogP contribution in [0.2, 0.25) is 0 Å². The molecule has 1 saturated heterocycles. The van der Waals surface area contributed by atoms with E-state index < -0.39 is 0 Å². The highest BCUT2D eigenvalue weighted by Gasteiger charge is 2.31. The lowest BCUT2D eigenvalue weighted by atomic mass is 10.1. The maximum absolute atomic E-state index is 10.7. The molecule has 1 atom stereocenters. The Morgan fingerprint density at radius 2 is 2.38 bits per heavy atom. The molecule has 5 heteroatoms. The zero-order chi connectivity index (χ0) is 11.1. The smallest absolute Gasteiger partial charge is 0.269 e. The highest BCUT2D eigenvalue weighted by molar-refractivity contribution is 5.63. The van der Waals surface area contributed by atoms with Gasteiger partial charge in [0.25, 0.3) is 5.69 Å². The van der Waals surface area contributed by atoms with Crippen LogP contribution >= 0.6 is 0 Å². The zero-order valence-corrected chi connectivity index (χ0v) is 8.85. The summed E-state index contributed by atoms with van der Waals surface area (Å²) >= 11 is 0. The average Bonchev–Trinajstić information content (AvgIpc) is 2.66. The summed E-state index contributed by atoms with van der Waals surface area (Å²) in [6.45, 7) is 2.96. The Morgan fingerprint density at radius 3 is 3.19 bits per heavy atom. The number of fused-ring (bicyclic) bond motifs is 3. The summed E-state index contributed by atoms with van der Waals surface area (Å²) in [6.07, 6.45) is 0.921. The molecule has 0 bridgehead atoms. The predicted molar refractivity (Wildman–Crippen MR) is 60.8 cm³/mol. The molecular formula is C11H13N3O2. The molecule has 0 radical (unpaired) electrons. The number of rotatable bonds is 1. The minimum Gasteiger partial charge on any atom is -0.365 e. The lowest BCUT2D eigenvalue weighted by molar-refractivity contribution is -0.384. The molecule has 1 N–H and O–H groups in total. The molecule has 1 aromatic rings. The summed E-state index contributed by atoms with van der Waals surface area (Å²) in [5, 5.41) is 14.0. The molecule has 16 heavy (non-hydrogen) atoms. The Kier molecular flexibility index (Phi) is 2.07. The Balaban J connectivity index is 1.98. The van der Waals surface area contributed by atoms with Gasteiger partial charge in [-0.2, -0.15) is 0 Å². The van der Waals surface area contributed by atoms with Gasteiger partial charge < -0.3 is 10.2 Å². The number of nitro groups is 1. The second-order valence-corrected chi connectivity index (χ2v) is 4.33. The SMILES string of the molecule is O=[N+]([O-])c1ccc2c(c1)C[C@H]1CNCCN21. The van der Waals surface area contributed by atoms with Gasteiger partial charge in [-0.05, 0) is 18.1 Å². The number of piperazine rings is 1. The van der Waals surface area contributed by atoms with Crippen molar-refractivity contribution < 1.29 is 4.92 Å². The van der Waals surface area contributed by atoms with Gasteiger partial charge in [0.1, 0.15) is 0 Å². The van der Waals surface area contributed by atoms with Crippen LogP contribution in [0.1, 0.15) is 5.56 Å². The van der Waals surface area contributed by atoms with E-state index in [9.17, 15) is 10.1 Å². The van der Waals surface area contributed by atoms with Gasteiger partial charge in [0.15, 0.2) is 0 Å². The van der Waals surface area contributed by atoms with E-state index in [0.717, 1.165) is 31.6 Å². The highest BCUT2D eigenvalue weighted by Crippen LogP contribution is 2.34. The van der Waals surface area contributed by atoms with Crippen molar-refractivity contribution in [1.82, 2.24) is 5.32 Å². The topological polar surface area (TPSA) is 58.4 Å².